The molecule has 2 aliphatic rings. The summed E-state index contributed by atoms with van der Waals surface area (Å²) < 4.78 is 25.8. The Morgan fingerprint density at radius 3 is 2.48 bits per heavy atom. The molecule has 0 aromatic heterocycles. The molecule has 0 saturated heterocycles. The van der Waals surface area contributed by atoms with Crippen LogP contribution in [0.15, 0.2) is 29.2 Å². The van der Waals surface area contributed by atoms with Crippen LogP contribution in [0.5, 0.6) is 0 Å². The van der Waals surface area contributed by atoms with Gasteiger partial charge in [-0.05, 0) is 56.6 Å². The van der Waals surface area contributed by atoms with Crippen molar-refractivity contribution >= 4 is 9.84 Å². The lowest BCUT2D eigenvalue weighted by Gasteiger charge is -2.30. The number of aryl methyl sites for hydroxylation is 1. The van der Waals surface area contributed by atoms with Crippen LogP contribution in [0.1, 0.15) is 50.5 Å². The summed E-state index contributed by atoms with van der Waals surface area (Å²) in [5, 5.41) is 9.11. The van der Waals surface area contributed by atoms with Gasteiger partial charge in [0.05, 0.1) is 9.64 Å². The molecule has 1 N–H and O–H groups in total. The minimum absolute atomic E-state index is 0.0717. The Hall–Kier alpha value is -0.870. The summed E-state index contributed by atoms with van der Waals surface area (Å²) in [6, 6.07) is 7.26. The summed E-state index contributed by atoms with van der Waals surface area (Å²) in [6.45, 7) is 2.13. The second-order valence-electron chi connectivity index (χ2n) is 6.80. The SMILES string of the molecule is Cc1ccc(S(=O)(=O)[C@@]23CCCC[C@]2(CCCO)C3)cc1. The van der Waals surface area contributed by atoms with E-state index in [2.05, 4.69) is 0 Å². The molecule has 0 unspecified atom stereocenters. The van der Waals surface area contributed by atoms with Gasteiger partial charge in [-0.1, -0.05) is 30.5 Å². The van der Waals surface area contributed by atoms with E-state index in [4.69, 9.17) is 5.11 Å². The predicted molar refractivity (Wildman–Crippen MR) is 82.9 cm³/mol. The monoisotopic (exact) mass is 308 g/mol. The van der Waals surface area contributed by atoms with Gasteiger partial charge in [0, 0.05) is 6.61 Å². The van der Waals surface area contributed by atoms with Crippen LogP contribution in [0.2, 0.25) is 0 Å². The number of benzene rings is 1. The Morgan fingerprint density at radius 2 is 1.81 bits per heavy atom. The molecule has 3 rings (SSSR count). The molecule has 2 aliphatic carbocycles. The molecule has 2 saturated carbocycles. The maximum atomic E-state index is 13.2. The van der Waals surface area contributed by atoms with Crippen LogP contribution in [0.4, 0.5) is 0 Å². The molecule has 0 amide bonds. The molecular formula is C17H24O3S. The van der Waals surface area contributed by atoms with E-state index in [9.17, 15) is 8.42 Å². The van der Waals surface area contributed by atoms with E-state index in [0.717, 1.165) is 44.1 Å². The van der Waals surface area contributed by atoms with Crippen LogP contribution in [0, 0.1) is 12.3 Å². The molecule has 2 atom stereocenters. The highest BCUT2D eigenvalue weighted by Gasteiger charge is 2.73. The van der Waals surface area contributed by atoms with E-state index < -0.39 is 14.6 Å². The Bertz CT molecular complexity index is 620. The van der Waals surface area contributed by atoms with E-state index in [0.29, 0.717) is 11.3 Å². The smallest absolute Gasteiger partial charge is 0.184 e. The number of sulfone groups is 1. The third-order valence-corrected chi connectivity index (χ3v) is 8.31. The largest absolute Gasteiger partial charge is 0.396 e. The van der Waals surface area contributed by atoms with E-state index in [-0.39, 0.29) is 12.0 Å². The molecule has 3 nitrogen and oxygen atoms in total. The van der Waals surface area contributed by atoms with Gasteiger partial charge < -0.3 is 5.11 Å². The maximum absolute atomic E-state index is 13.2. The minimum Gasteiger partial charge on any atom is -0.396 e. The molecule has 2 fully saturated rings. The Balaban J connectivity index is 1.96. The van der Waals surface area contributed by atoms with Gasteiger partial charge in [-0.2, -0.15) is 0 Å². The van der Waals surface area contributed by atoms with Crippen molar-refractivity contribution in [2.45, 2.75) is 61.5 Å². The van der Waals surface area contributed by atoms with Crippen LogP contribution in [-0.2, 0) is 9.84 Å². The second kappa shape index (κ2) is 5.10. The Kier molecular flexibility index (Phi) is 3.65. The molecule has 0 aliphatic heterocycles. The maximum Gasteiger partial charge on any atom is 0.184 e. The highest BCUT2D eigenvalue weighted by atomic mass is 32.2. The van der Waals surface area contributed by atoms with Gasteiger partial charge in [0.25, 0.3) is 0 Å². The fourth-order valence-corrected chi connectivity index (χ4v) is 6.96. The second-order valence-corrected chi connectivity index (χ2v) is 9.06. The molecule has 0 bridgehead atoms. The molecule has 1 aromatic rings. The molecular weight excluding hydrogens is 284 g/mol. The average molecular weight is 308 g/mol. The van der Waals surface area contributed by atoms with Gasteiger partial charge in [0.1, 0.15) is 0 Å². The van der Waals surface area contributed by atoms with Crippen LogP contribution >= 0.6 is 0 Å². The van der Waals surface area contributed by atoms with Crippen molar-refractivity contribution in [1.82, 2.24) is 0 Å². The Labute approximate surface area is 127 Å². The number of hydrogen-bond donors (Lipinski definition) is 1. The Morgan fingerprint density at radius 1 is 1.14 bits per heavy atom. The summed E-state index contributed by atoms with van der Waals surface area (Å²) in [5.41, 5.74) is 1.01. The summed E-state index contributed by atoms with van der Waals surface area (Å²) in [7, 11) is -3.27. The fraction of sp³-hybridized carbons (Fsp3) is 0.647. The predicted octanol–water partition coefficient (Wildman–Crippen LogP) is 3.24. The van der Waals surface area contributed by atoms with Gasteiger partial charge in [0.15, 0.2) is 9.84 Å². The van der Waals surface area contributed by atoms with E-state index >= 15 is 0 Å². The fourth-order valence-electron chi connectivity index (χ4n) is 4.36. The molecule has 0 spiro atoms. The zero-order chi connectivity index (χ0) is 15.1. The molecule has 21 heavy (non-hydrogen) atoms. The van der Waals surface area contributed by atoms with Gasteiger partial charge in [-0.15, -0.1) is 0 Å². The average Bonchev–Trinajstić information content (AvgIpc) is 3.17. The summed E-state index contributed by atoms with van der Waals surface area (Å²) >= 11 is 0. The number of hydrogen-bond acceptors (Lipinski definition) is 3. The van der Waals surface area contributed by atoms with Gasteiger partial charge >= 0.3 is 0 Å². The normalized spacial score (nSPS) is 31.7. The molecule has 1 aromatic carbocycles. The van der Waals surface area contributed by atoms with Crippen LogP contribution in [0.3, 0.4) is 0 Å². The van der Waals surface area contributed by atoms with E-state index in [1.807, 2.05) is 19.1 Å². The van der Waals surface area contributed by atoms with Crippen LogP contribution in [0.25, 0.3) is 0 Å². The molecule has 0 radical (unpaired) electrons. The summed E-state index contributed by atoms with van der Waals surface area (Å²) in [5.74, 6) is 0. The first-order valence-corrected chi connectivity index (χ1v) is 9.38. The van der Waals surface area contributed by atoms with Crippen molar-refractivity contribution in [1.29, 1.82) is 0 Å². The lowest BCUT2D eigenvalue weighted by molar-refractivity contribution is 0.246. The van der Waals surface area contributed by atoms with Crippen molar-refractivity contribution in [3.63, 3.8) is 0 Å². The lowest BCUT2D eigenvalue weighted by Crippen LogP contribution is -2.33. The van der Waals surface area contributed by atoms with Crippen molar-refractivity contribution in [2.75, 3.05) is 6.61 Å². The molecule has 116 valence electrons. The minimum atomic E-state index is -3.27. The van der Waals surface area contributed by atoms with Gasteiger partial charge in [-0.25, -0.2) is 8.42 Å². The van der Waals surface area contributed by atoms with Crippen molar-refractivity contribution < 1.29 is 13.5 Å². The van der Waals surface area contributed by atoms with E-state index in [1.165, 1.54) is 0 Å². The van der Waals surface area contributed by atoms with Crippen molar-refractivity contribution in [3.05, 3.63) is 29.8 Å². The van der Waals surface area contributed by atoms with Crippen molar-refractivity contribution in [3.8, 4) is 0 Å². The van der Waals surface area contributed by atoms with E-state index in [1.54, 1.807) is 12.1 Å². The third kappa shape index (κ3) is 2.15. The first-order valence-electron chi connectivity index (χ1n) is 7.90. The standard InChI is InChI=1S/C17H24O3S/c1-14-5-7-15(8-6-14)21(19,20)17-11-3-2-9-16(17,13-17)10-4-12-18/h5-8,18H,2-4,9-13H2,1H3/t16-,17+/m0/s1. The zero-order valence-electron chi connectivity index (χ0n) is 12.6. The topological polar surface area (TPSA) is 54.4 Å². The molecule has 4 heteroatoms. The molecule has 0 heterocycles. The number of aliphatic hydroxyl groups excluding tert-OH is 1. The zero-order valence-corrected chi connectivity index (χ0v) is 13.5. The summed E-state index contributed by atoms with van der Waals surface area (Å²) in [4.78, 5) is 0.473. The number of aliphatic hydroxyl groups is 1. The van der Waals surface area contributed by atoms with Gasteiger partial charge in [-0.3, -0.25) is 0 Å². The third-order valence-electron chi connectivity index (χ3n) is 5.61. The highest BCUT2D eigenvalue weighted by molar-refractivity contribution is 7.93. The quantitative estimate of drug-likeness (QED) is 0.908. The number of rotatable bonds is 5. The number of fused-ring (bicyclic) bond motifs is 1. The van der Waals surface area contributed by atoms with Crippen molar-refractivity contribution in [2.24, 2.45) is 5.41 Å². The van der Waals surface area contributed by atoms with Crippen LogP contribution < -0.4 is 0 Å². The van der Waals surface area contributed by atoms with Crippen LogP contribution in [-0.4, -0.2) is 24.9 Å². The lowest BCUT2D eigenvalue weighted by atomic mass is 9.84. The first kappa shape index (κ1) is 15.0. The first-order chi connectivity index (χ1) is 9.97. The summed E-state index contributed by atoms with van der Waals surface area (Å²) in [6.07, 6.45) is 6.26. The highest BCUT2D eigenvalue weighted by Crippen LogP contribution is 2.71. The van der Waals surface area contributed by atoms with Gasteiger partial charge in [0.2, 0.25) is 0 Å².